The van der Waals surface area contributed by atoms with Crippen molar-refractivity contribution in [2.24, 2.45) is 7.05 Å². The van der Waals surface area contributed by atoms with Gasteiger partial charge in [-0.15, -0.1) is 0 Å². The van der Waals surface area contributed by atoms with Crippen LogP contribution in [0.5, 0.6) is 5.75 Å². The van der Waals surface area contributed by atoms with Gasteiger partial charge in [-0.05, 0) is 36.2 Å². The molecule has 8 heteroatoms. The molecule has 1 amide bonds. The fraction of sp³-hybridized carbons (Fsp3) is 0.269. The van der Waals surface area contributed by atoms with Gasteiger partial charge in [-0.1, -0.05) is 30.3 Å². The van der Waals surface area contributed by atoms with Crippen molar-refractivity contribution in [3.63, 3.8) is 0 Å². The minimum Gasteiger partial charge on any atom is -0.497 e. The van der Waals surface area contributed by atoms with Crippen LogP contribution in [-0.4, -0.2) is 38.6 Å². The molecule has 0 aliphatic carbocycles. The van der Waals surface area contributed by atoms with Crippen LogP contribution in [0.3, 0.4) is 0 Å². The van der Waals surface area contributed by atoms with E-state index in [1.807, 2.05) is 67.1 Å². The molecule has 8 nitrogen and oxygen atoms in total. The number of rotatable bonds is 5. The highest BCUT2D eigenvalue weighted by Crippen LogP contribution is 2.23. The molecule has 0 unspecified atom stereocenters. The lowest BCUT2D eigenvalue weighted by Crippen LogP contribution is -2.38. The Balaban J connectivity index is 1.44. The molecule has 0 saturated heterocycles. The minimum absolute atomic E-state index is 0.169. The molecule has 0 atom stereocenters. The van der Waals surface area contributed by atoms with Crippen molar-refractivity contribution in [1.29, 1.82) is 0 Å². The Kier molecular flexibility index (Phi) is 5.67. The third-order valence-electron chi connectivity index (χ3n) is 6.51. The molecule has 0 saturated carbocycles. The highest BCUT2D eigenvalue weighted by Gasteiger charge is 2.26. The van der Waals surface area contributed by atoms with E-state index < -0.39 is 0 Å². The van der Waals surface area contributed by atoms with Gasteiger partial charge in [-0.3, -0.25) is 14.5 Å². The number of methoxy groups -OCH3 is 1. The zero-order valence-corrected chi connectivity index (χ0v) is 19.5. The van der Waals surface area contributed by atoms with Crippen LogP contribution < -0.4 is 15.6 Å². The molecule has 3 heterocycles. The Bertz CT molecular complexity index is 1440. The Morgan fingerprint density at radius 3 is 2.65 bits per heavy atom. The number of anilines is 1. The van der Waals surface area contributed by atoms with Crippen LogP contribution in [0.1, 0.15) is 32.7 Å². The van der Waals surface area contributed by atoms with Crippen LogP contribution in [0.25, 0.3) is 5.65 Å². The molecule has 0 bridgehead atoms. The van der Waals surface area contributed by atoms with E-state index in [1.54, 1.807) is 7.11 Å². The van der Waals surface area contributed by atoms with Gasteiger partial charge in [-0.25, -0.2) is 0 Å². The number of hydrogen-bond donors (Lipinski definition) is 1. The summed E-state index contributed by atoms with van der Waals surface area (Å²) in [4.78, 5) is 28.7. The second kappa shape index (κ2) is 8.79. The highest BCUT2D eigenvalue weighted by molar-refractivity contribution is 6.08. The monoisotopic (exact) mass is 457 g/mol. The van der Waals surface area contributed by atoms with Gasteiger partial charge in [0.05, 0.1) is 18.9 Å². The number of carbonyl (C=O) groups is 1. The number of aromatic nitrogens is 3. The second-order valence-corrected chi connectivity index (χ2v) is 8.66. The first-order valence-corrected chi connectivity index (χ1v) is 11.3. The van der Waals surface area contributed by atoms with E-state index in [0.717, 1.165) is 53.3 Å². The number of nitrogens with zero attached hydrogens (tertiary/aromatic N) is 4. The lowest BCUT2D eigenvalue weighted by Gasteiger charge is -2.30. The van der Waals surface area contributed by atoms with Gasteiger partial charge < -0.3 is 14.6 Å². The fourth-order valence-electron chi connectivity index (χ4n) is 4.63. The normalized spacial score (nSPS) is 13.6. The number of amides is 1. The maximum absolute atomic E-state index is 13.4. The van der Waals surface area contributed by atoms with Gasteiger partial charge in [-0.2, -0.15) is 9.61 Å². The quantitative estimate of drug-likeness (QED) is 0.498. The van der Waals surface area contributed by atoms with Crippen molar-refractivity contribution in [3.8, 4) is 5.75 Å². The molecular weight excluding hydrogens is 430 g/mol. The predicted molar refractivity (Wildman–Crippen MR) is 130 cm³/mol. The summed E-state index contributed by atoms with van der Waals surface area (Å²) in [6.07, 6.45) is 2.20. The molecule has 1 aliphatic rings. The van der Waals surface area contributed by atoms with Crippen LogP contribution in [0.4, 0.5) is 5.69 Å². The average molecular weight is 458 g/mol. The molecule has 4 aromatic rings. The van der Waals surface area contributed by atoms with Gasteiger partial charge in [0.2, 0.25) is 0 Å². The summed E-state index contributed by atoms with van der Waals surface area (Å²) in [5.74, 6) is 0.543. The van der Waals surface area contributed by atoms with Gasteiger partial charge in [0, 0.05) is 44.5 Å². The van der Waals surface area contributed by atoms with Crippen LogP contribution >= 0.6 is 0 Å². The van der Waals surface area contributed by atoms with Crippen LogP contribution in [0, 0.1) is 6.92 Å². The summed E-state index contributed by atoms with van der Waals surface area (Å²) in [6.45, 7) is 4.04. The Hall–Kier alpha value is -3.91. The zero-order valence-electron chi connectivity index (χ0n) is 19.5. The number of aryl methyl sites for hydroxylation is 2. The van der Waals surface area contributed by atoms with E-state index in [2.05, 4.69) is 15.3 Å². The molecule has 0 spiro atoms. The van der Waals surface area contributed by atoms with E-state index in [9.17, 15) is 9.59 Å². The predicted octanol–water partition coefficient (Wildman–Crippen LogP) is 3.16. The van der Waals surface area contributed by atoms with E-state index >= 15 is 0 Å². The van der Waals surface area contributed by atoms with Crippen molar-refractivity contribution < 1.29 is 9.53 Å². The summed E-state index contributed by atoms with van der Waals surface area (Å²) in [6, 6.07) is 15.6. The molecule has 0 fully saturated rings. The molecule has 2 aromatic heterocycles. The fourth-order valence-corrected chi connectivity index (χ4v) is 4.63. The maximum Gasteiger partial charge on any atom is 0.279 e. The third kappa shape index (κ3) is 3.86. The van der Waals surface area contributed by atoms with E-state index in [1.165, 1.54) is 10.7 Å². The maximum atomic E-state index is 13.4. The topological polar surface area (TPSA) is 80.9 Å². The number of hydrogen-bond acceptors (Lipinski definition) is 5. The second-order valence-electron chi connectivity index (χ2n) is 8.66. The SMILES string of the molecule is COc1ccc(CN2CCc3c(c(=O)n4ncc(C(=O)Nc5ccccc5C)c4n3C)C2)cc1. The number of para-hydroxylation sites is 1. The third-order valence-corrected chi connectivity index (χ3v) is 6.51. The van der Waals surface area contributed by atoms with Crippen LogP contribution in [-0.2, 0) is 26.6 Å². The molecule has 174 valence electrons. The number of carbonyl (C=O) groups excluding carboxylic acids is 1. The van der Waals surface area contributed by atoms with E-state index in [4.69, 9.17) is 4.74 Å². The summed E-state index contributed by atoms with van der Waals surface area (Å²) >= 11 is 0. The molecule has 2 aromatic carbocycles. The van der Waals surface area contributed by atoms with E-state index in [-0.39, 0.29) is 11.5 Å². The summed E-state index contributed by atoms with van der Waals surface area (Å²) in [5.41, 5.74) is 5.27. The Labute approximate surface area is 197 Å². The molecule has 34 heavy (non-hydrogen) atoms. The largest absolute Gasteiger partial charge is 0.497 e. The lowest BCUT2D eigenvalue weighted by molar-refractivity contribution is 0.102. The van der Waals surface area contributed by atoms with Crippen molar-refractivity contribution in [2.75, 3.05) is 19.0 Å². The standard InChI is InChI=1S/C26H27N5O3/c1-17-6-4-5-7-22(17)28-24(32)20-14-27-31-25(20)29(2)23-12-13-30(16-21(23)26(31)33)15-18-8-10-19(34-3)11-9-18/h4-11,14H,12-13,15-16H2,1-3H3,(H,28,32). The molecule has 5 rings (SSSR count). The van der Waals surface area contributed by atoms with Crippen molar-refractivity contribution in [1.82, 2.24) is 19.1 Å². The average Bonchev–Trinajstić information content (AvgIpc) is 3.30. The van der Waals surface area contributed by atoms with Crippen molar-refractivity contribution >= 4 is 17.2 Å². The van der Waals surface area contributed by atoms with Crippen LogP contribution in [0.15, 0.2) is 59.5 Å². The zero-order chi connectivity index (χ0) is 23.8. The van der Waals surface area contributed by atoms with Gasteiger partial charge in [0.25, 0.3) is 11.5 Å². The summed E-state index contributed by atoms with van der Waals surface area (Å²) in [7, 11) is 3.55. The summed E-state index contributed by atoms with van der Waals surface area (Å²) < 4.78 is 8.53. The lowest BCUT2D eigenvalue weighted by atomic mass is 10.0. The molecule has 0 radical (unpaired) electrons. The number of fused-ring (bicyclic) bond motifs is 2. The number of nitrogens with one attached hydrogen (secondary N) is 1. The van der Waals surface area contributed by atoms with Gasteiger partial charge in [0.1, 0.15) is 11.3 Å². The smallest absolute Gasteiger partial charge is 0.279 e. The number of ether oxygens (including phenoxy) is 1. The molecule has 1 N–H and O–H groups in total. The number of benzene rings is 2. The first-order chi connectivity index (χ1) is 16.5. The Morgan fingerprint density at radius 1 is 1.15 bits per heavy atom. The first kappa shape index (κ1) is 21.9. The van der Waals surface area contributed by atoms with Crippen LogP contribution in [0.2, 0.25) is 0 Å². The van der Waals surface area contributed by atoms with Gasteiger partial charge >= 0.3 is 0 Å². The Morgan fingerprint density at radius 2 is 1.91 bits per heavy atom. The minimum atomic E-state index is -0.281. The molecular formula is C26H27N5O3. The van der Waals surface area contributed by atoms with E-state index in [0.29, 0.717) is 17.8 Å². The highest BCUT2D eigenvalue weighted by atomic mass is 16.5. The first-order valence-electron chi connectivity index (χ1n) is 11.3. The van der Waals surface area contributed by atoms with Crippen molar-refractivity contribution in [2.45, 2.75) is 26.4 Å². The van der Waals surface area contributed by atoms with Crippen molar-refractivity contribution in [3.05, 3.63) is 93.0 Å². The van der Waals surface area contributed by atoms with Gasteiger partial charge in [0.15, 0.2) is 5.65 Å². The molecule has 1 aliphatic heterocycles. The summed E-state index contributed by atoms with van der Waals surface area (Å²) in [5, 5.41) is 7.24.